The van der Waals surface area contributed by atoms with Crippen LogP contribution in [0.5, 0.6) is 0 Å². The number of hydrogen-bond acceptors (Lipinski definition) is 3. The number of carbonyl (C=O) groups is 1. The van der Waals surface area contributed by atoms with Gasteiger partial charge >= 0.3 is 0 Å². The number of aliphatic hydroxyl groups excluding tert-OH is 1. The van der Waals surface area contributed by atoms with Crippen molar-refractivity contribution in [3.63, 3.8) is 0 Å². The number of aliphatic hydroxyl groups is 1. The normalized spacial score (nSPS) is 27.3. The first-order chi connectivity index (χ1) is 8.47. The molecule has 0 saturated carbocycles. The van der Waals surface area contributed by atoms with Crippen LogP contribution in [0, 0.1) is 11.8 Å². The molecule has 1 aliphatic heterocycles. The summed E-state index contributed by atoms with van der Waals surface area (Å²) >= 11 is 0. The van der Waals surface area contributed by atoms with Gasteiger partial charge in [-0.25, -0.2) is 0 Å². The largest absolute Gasteiger partial charge is 0.394 e. The van der Waals surface area contributed by atoms with E-state index in [9.17, 15) is 9.90 Å². The molecule has 0 spiro atoms. The Morgan fingerprint density at radius 2 is 2.11 bits per heavy atom. The van der Waals surface area contributed by atoms with Crippen molar-refractivity contribution in [2.24, 2.45) is 17.6 Å². The Bertz CT molecular complexity index is 269. The summed E-state index contributed by atoms with van der Waals surface area (Å²) in [5.41, 5.74) is 5.71. The van der Waals surface area contributed by atoms with E-state index in [1.165, 1.54) is 0 Å². The summed E-state index contributed by atoms with van der Waals surface area (Å²) in [5, 5.41) is 9.38. The van der Waals surface area contributed by atoms with Crippen molar-refractivity contribution in [1.29, 1.82) is 0 Å². The average molecular weight is 256 g/mol. The molecule has 0 radical (unpaired) electrons. The zero-order valence-electron chi connectivity index (χ0n) is 11.9. The number of likely N-dealkylation sites (tertiary alicyclic amines) is 1. The molecule has 0 aromatic rings. The molecule has 0 aromatic heterocycles. The molecule has 1 rings (SSSR count). The Balaban J connectivity index is 2.43. The molecule has 0 bridgehead atoms. The molecule has 1 heterocycles. The lowest BCUT2D eigenvalue weighted by molar-refractivity contribution is -0.137. The van der Waals surface area contributed by atoms with Gasteiger partial charge in [0.2, 0.25) is 5.91 Å². The molecule has 0 aromatic carbocycles. The van der Waals surface area contributed by atoms with Crippen LogP contribution in [0.3, 0.4) is 0 Å². The van der Waals surface area contributed by atoms with Gasteiger partial charge in [-0.05, 0) is 32.1 Å². The van der Waals surface area contributed by atoms with Crippen LogP contribution in [0.1, 0.15) is 46.5 Å². The molecule has 3 N–H and O–H groups in total. The third-order valence-corrected chi connectivity index (χ3v) is 4.07. The lowest BCUT2D eigenvalue weighted by atomic mass is 9.99. The van der Waals surface area contributed by atoms with Crippen molar-refractivity contribution in [3.8, 4) is 0 Å². The van der Waals surface area contributed by atoms with Gasteiger partial charge in [0.1, 0.15) is 0 Å². The maximum Gasteiger partial charge on any atom is 0.225 e. The summed E-state index contributed by atoms with van der Waals surface area (Å²) in [4.78, 5) is 14.2. The topological polar surface area (TPSA) is 66.6 Å². The van der Waals surface area contributed by atoms with Crippen LogP contribution in [0.25, 0.3) is 0 Å². The second-order valence-electron chi connectivity index (χ2n) is 5.86. The summed E-state index contributed by atoms with van der Waals surface area (Å²) < 4.78 is 0. The fourth-order valence-corrected chi connectivity index (χ4v) is 2.71. The highest BCUT2D eigenvalue weighted by Gasteiger charge is 2.35. The molecule has 0 aliphatic carbocycles. The van der Waals surface area contributed by atoms with E-state index < -0.39 is 0 Å². The fraction of sp³-hybridized carbons (Fsp3) is 0.929. The minimum Gasteiger partial charge on any atom is -0.394 e. The predicted octanol–water partition coefficient (Wildman–Crippen LogP) is 1.37. The molecule has 1 amide bonds. The quantitative estimate of drug-likeness (QED) is 0.754. The monoisotopic (exact) mass is 256 g/mol. The third kappa shape index (κ3) is 3.95. The molecule has 18 heavy (non-hydrogen) atoms. The van der Waals surface area contributed by atoms with Crippen molar-refractivity contribution < 1.29 is 9.90 Å². The minimum atomic E-state index is 0.0217. The lowest BCUT2D eigenvalue weighted by Gasteiger charge is -2.28. The van der Waals surface area contributed by atoms with Crippen molar-refractivity contribution >= 4 is 5.91 Å². The van der Waals surface area contributed by atoms with Gasteiger partial charge in [-0.15, -0.1) is 0 Å². The zero-order chi connectivity index (χ0) is 13.7. The molecule has 4 nitrogen and oxygen atoms in total. The highest BCUT2D eigenvalue weighted by atomic mass is 16.3. The molecule has 1 saturated heterocycles. The van der Waals surface area contributed by atoms with Gasteiger partial charge in [0.25, 0.3) is 0 Å². The Labute approximate surface area is 111 Å². The second-order valence-corrected chi connectivity index (χ2v) is 5.86. The van der Waals surface area contributed by atoms with E-state index >= 15 is 0 Å². The SMILES string of the molecule is CC(N)CCCC(C)C(=O)N1CCC(C)C1CO. The van der Waals surface area contributed by atoms with E-state index in [4.69, 9.17) is 5.73 Å². The highest BCUT2D eigenvalue weighted by Crippen LogP contribution is 2.26. The number of hydrogen-bond donors (Lipinski definition) is 2. The minimum absolute atomic E-state index is 0.0217. The van der Waals surface area contributed by atoms with Gasteiger partial charge in [0.15, 0.2) is 0 Å². The molecule has 4 unspecified atom stereocenters. The summed E-state index contributed by atoms with van der Waals surface area (Å²) in [6, 6.07) is 0.234. The van der Waals surface area contributed by atoms with Crippen LogP contribution in [0.2, 0.25) is 0 Å². The van der Waals surface area contributed by atoms with Crippen molar-refractivity contribution in [3.05, 3.63) is 0 Å². The summed E-state index contributed by atoms with van der Waals surface area (Å²) in [7, 11) is 0. The van der Waals surface area contributed by atoms with Gasteiger partial charge in [-0.2, -0.15) is 0 Å². The van der Waals surface area contributed by atoms with Gasteiger partial charge in [-0.1, -0.05) is 20.3 Å². The van der Waals surface area contributed by atoms with Gasteiger partial charge < -0.3 is 15.7 Å². The molecule has 1 aliphatic rings. The van der Waals surface area contributed by atoms with Crippen LogP contribution < -0.4 is 5.73 Å². The van der Waals surface area contributed by atoms with Crippen LogP contribution in [0.15, 0.2) is 0 Å². The van der Waals surface area contributed by atoms with E-state index in [0.29, 0.717) is 5.92 Å². The first-order valence-electron chi connectivity index (χ1n) is 7.14. The molecule has 106 valence electrons. The maximum atomic E-state index is 12.3. The number of nitrogens with zero attached hydrogens (tertiary/aromatic N) is 1. The zero-order valence-corrected chi connectivity index (χ0v) is 11.9. The number of rotatable bonds is 6. The summed E-state index contributed by atoms with van der Waals surface area (Å²) in [6.45, 7) is 6.97. The van der Waals surface area contributed by atoms with Crippen LogP contribution in [-0.4, -0.2) is 41.1 Å². The van der Waals surface area contributed by atoms with Crippen molar-refractivity contribution in [2.45, 2.75) is 58.5 Å². The lowest BCUT2D eigenvalue weighted by Crippen LogP contribution is -2.42. The number of amides is 1. The highest BCUT2D eigenvalue weighted by molar-refractivity contribution is 5.79. The summed E-state index contributed by atoms with van der Waals surface area (Å²) in [6.07, 6.45) is 3.86. The standard InChI is InChI=1S/C14H28N2O2/c1-10-7-8-16(13(10)9-17)14(18)11(2)5-4-6-12(3)15/h10-13,17H,4-9,15H2,1-3H3. The van der Waals surface area contributed by atoms with Gasteiger partial charge in [0, 0.05) is 18.5 Å². The van der Waals surface area contributed by atoms with E-state index in [0.717, 1.165) is 32.2 Å². The first kappa shape index (κ1) is 15.4. The van der Waals surface area contributed by atoms with E-state index in [-0.39, 0.29) is 30.5 Å². The van der Waals surface area contributed by atoms with Crippen LogP contribution >= 0.6 is 0 Å². The molecule has 1 fully saturated rings. The van der Waals surface area contributed by atoms with E-state index in [2.05, 4.69) is 6.92 Å². The van der Waals surface area contributed by atoms with E-state index in [1.807, 2.05) is 18.7 Å². The Hall–Kier alpha value is -0.610. The Morgan fingerprint density at radius 3 is 2.67 bits per heavy atom. The number of carbonyl (C=O) groups excluding carboxylic acids is 1. The van der Waals surface area contributed by atoms with Crippen molar-refractivity contribution in [1.82, 2.24) is 4.90 Å². The summed E-state index contributed by atoms with van der Waals surface area (Å²) in [5.74, 6) is 0.654. The van der Waals surface area contributed by atoms with Crippen LogP contribution in [0.4, 0.5) is 0 Å². The second kappa shape index (κ2) is 7.10. The van der Waals surface area contributed by atoms with Crippen molar-refractivity contribution in [2.75, 3.05) is 13.2 Å². The molecule has 4 heteroatoms. The van der Waals surface area contributed by atoms with Gasteiger partial charge in [0.05, 0.1) is 12.6 Å². The predicted molar refractivity (Wildman–Crippen MR) is 73.0 cm³/mol. The van der Waals surface area contributed by atoms with Crippen LogP contribution in [-0.2, 0) is 4.79 Å². The molecular weight excluding hydrogens is 228 g/mol. The molecule has 4 atom stereocenters. The fourth-order valence-electron chi connectivity index (χ4n) is 2.71. The average Bonchev–Trinajstić information content (AvgIpc) is 2.68. The Kier molecular flexibility index (Phi) is 6.09. The molecular formula is C14H28N2O2. The maximum absolute atomic E-state index is 12.3. The number of nitrogens with two attached hydrogens (primary N) is 1. The first-order valence-corrected chi connectivity index (χ1v) is 7.14. The Morgan fingerprint density at radius 1 is 1.44 bits per heavy atom. The third-order valence-electron chi connectivity index (χ3n) is 4.07. The smallest absolute Gasteiger partial charge is 0.225 e. The van der Waals surface area contributed by atoms with Gasteiger partial charge in [-0.3, -0.25) is 4.79 Å². The van der Waals surface area contributed by atoms with E-state index in [1.54, 1.807) is 0 Å².